The standard InChI is InChI=1S/C11H10Cl2N2O3/c12-7-3-8(13)5-9(4-7)17-6-11-15-14-10(18-11)1-2-16/h3-5,16H,1-2,6H2. The van der Waals surface area contributed by atoms with E-state index in [1.165, 1.54) is 0 Å². The zero-order chi connectivity index (χ0) is 13.0. The van der Waals surface area contributed by atoms with Crippen LogP contribution < -0.4 is 4.74 Å². The van der Waals surface area contributed by atoms with Crippen molar-refractivity contribution in [3.8, 4) is 5.75 Å². The van der Waals surface area contributed by atoms with Crippen molar-refractivity contribution in [1.82, 2.24) is 10.2 Å². The molecule has 1 heterocycles. The van der Waals surface area contributed by atoms with E-state index in [1.807, 2.05) is 0 Å². The largest absolute Gasteiger partial charge is 0.484 e. The molecular formula is C11H10Cl2N2O3. The van der Waals surface area contributed by atoms with E-state index in [9.17, 15) is 0 Å². The normalized spacial score (nSPS) is 10.6. The lowest BCUT2D eigenvalue weighted by molar-refractivity contribution is 0.250. The monoisotopic (exact) mass is 288 g/mol. The van der Waals surface area contributed by atoms with Crippen LogP contribution >= 0.6 is 23.2 Å². The van der Waals surface area contributed by atoms with E-state index < -0.39 is 0 Å². The molecule has 0 aliphatic heterocycles. The topological polar surface area (TPSA) is 68.4 Å². The second kappa shape index (κ2) is 6.04. The number of ether oxygens (including phenoxy) is 1. The maximum Gasteiger partial charge on any atom is 0.253 e. The summed E-state index contributed by atoms with van der Waals surface area (Å²) >= 11 is 11.7. The van der Waals surface area contributed by atoms with Gasteiger partial charge in [0, 0.05) is 16.5 Å². The number of rotatable bonds is 5. The van der Waals surface area contributed by atoms with E-state index in [4.69, 9.17) is 37.5 Å². The van der Waals surface area contributed by atoms with Crippen molar-refractivity contribution >= 4 is 23.2 Å². The fourth-order valence-corrected chi connectivity index (χ4v) is 1.81. The summed E-state index contributed by atoms with van der Waals surface area (Å²) in [7, 11) is 0. The summed E-state index contributed by atoms with van der Waals surface area (Å²) in [4.78, 5) is 0. The average molecular weight is 289 g/mol. The minimum atomic E-state index is -0.0353. The van der Waals surface area contributed by atoms with Crippen LogP contribution in [0, 0.1) is 0 Å². The van der Waals surface area contributed by atoms with Gasteiger partial charge in [0.05, 0.1) is 6.61 Å². The van der Waals surface area contributed by atoms with Gasteiger partial charge in [-0.1, -0.05) is 23.2 Å². The fraction of sp³-hybridized carbons (Fsp3) is 0.273. The van der Waals surface area contributed by atoms with E-state index in [1.54, 1.807) is 18.2 Å². The van der Waals surface area contributed by atoms with Gasteiger partial charge in [-0.3, -0.25) is 0 Å². The third-order valence-corrected chi connectivity index (χ3v) is 2.47. The second-order valence-electron chi connectivity index (χ2n) is 3.46. The quantitative estimate of drug-likeness (QED) is 0.915. The summed E-state index contributed by atoms with van der Waals surface area (Å²) in [6.45, 7) is 0.0848. The zero-order valence-electron chi connectivity index (χ0n) is 9.27. The minimum Gasteiger partial charge on any atom is -0.484 e. The molecule has 0 saturated carbocycles. The average Bonchev–Trinajstić information content (AvgIpc) is 2.74. The minimum absolute atomic E-state index is 0.0353. The Balaban J connectivity index is 1.97. The molecule has 0 aliphatic carbocycles. The number of aliphatic hydroxyl groups is 1. The Morgan fingerprint density at radius 3 is 2.44 bits per heavy atom. The molecular weight excluding hydrogens is 279 g/mol. The molecule has 1 N–H and O–H groups in total. The number of halogens is 2. The maximum atomic E-state index is 8.71. The van der Waals surface area contributed by atoms with Crippen LogP contribution in [-0.2, 0) is 13.0 Å². The van der Waals surface area contributed by atoms with Gasteiger partial charge in [0.1, 0.15) is 5.75 Å². The first kappa shape index (κ1) is 13.1. The summed E-state index contributed by atoms with van der Waals surface area (Å²) in [5, 5.41) is 17.2. The second-order valence-corrected chi connectivity index (χ2v) is 4.33. The van der Waals surface area contributed by atoms with Gasteiger partial charge in [0.15, 0.2) is 6.61 Å². The highest BCUT2D eigenvalue weighted by atomic mass is 35.5. The Kier molecular flexibility index (Phi) is 4.41. The van der Waals surface area contributed by atoms with Crippen LogP contribution in [0.4, 0.5) is 0 Å². The predicted molar refractivity (Wildman–Crippen MR) is 65.9 cm³/mol. The van der Waals surface area contributed by atoms with Gasteiger partial charge in [0.2, 0.25) is 5.89 Å². The van der Waals surface area contributed by atoms with Gasteiger partial charge in [-0.15, -0.1) is 10.2 Å². The van der Waals surface area contributed by atoms with Crippen molar-refractivity contribution < 1.29 is 14.3 Å². The molecule has 0 saturated heterocycles. The molecule has 0 amide bonds. The molecule has 0 unspecified atom stereocenters. The maximum absolute atomic E-state index is 8.71. The van der Waals surface area contributed by atoms with Crippen molar-refractivity contribution in [2.45, 2.75) is 13.0 Å². The van der Waals surface area contributed by atoms with Gasteiger partial charge in [0.25, 0.3) is 5.89 Å². The molecule has 0 bridgehead atoms. The Morgan fingerprint density at radius 2 is 1.78 bits per heavy atom. The van der Waals surface area contributed by atoms with Gasteiger partial charge >= 0.3 is 0 Å². The summed E-state index contributed by atoms with van der Waals surface area (Å²) < 4.78 is 10.7. The zero-order valence-corrected chi connectivity index (χ0v) is 10.8. The molecule has 2 rings (SSSR count). The van der Waals surface area contributed by atoms with E-state index in [0.717, 1.165) is 0 Å². The molecule has 7 heteroatoms. The first-order valence-electron chi connectivity index (χ1n) is 5.18. The Morgan fingerprint density at radius 1 is 1.11 bits per heavy atom. The highest BCUT2D eigenvalue weighted by Crippen LogP contribution is 2.24. The van der Waals surface area contributed by atoms with E-state index >= 15 is 0 Å². The lowest BCUT2D eigenvalue weighted by atomic mass is 10.3. The molecule has 18 heavy (non-hydrogen) atoms. The van der Waals surface area contributed by atoms with Gasteiger partial charge in [-0.05, 0) is 18.2 Å². The molecule has 0 spiro atoms. The van der Waals surface area contributed by atoms with Gasteiger partial charge < -0.3 is 14.3 Å². The summed E-state index contributed by atoms with van der Waals surface area (Å²) in [5.41, 5.74) is 0. The highest BCUT2D eigenvalue weighted by Gasteiger charge is 2.07. The number of benzene rings is 1. The van der Waals surface area contributed by atoms with Crippen LogP contribution in [-0.4, -0.2) is 21.9 Å². The predicted octanol–water partition coefficient (Wildman–Crippen LogP) is 2.49. The van der Waals surface area contributed by atoms with Crippen LogP contribution in [0.5, 0.6) is 5.75 Å². The molecule has 96 valence electrons. The molecule has 0 radical (unpaired) electrons. The van der Waals surface area contributed by atoms with Crippen LogP contribution in [0.25, 0.3) is 0 Å². The van der Waals surface area contributed by atoms with Crippen LogP contribution in [0.15, 0.2) is 22.6 Å². The smallest absolute Gasteiger partial charge is 0.253 e. The number of aliphatic hydroxyl groups excluding tert-OH is 1. The fourth-order valence-electron chi connectivity index (χ4n) is 1.30. The van der Waals surface area contributed by atoms with E-state index in [2.05, 4.69) is 10.2 Å². The number of hydrogen-bond acceptors (Lipinski definition) is 5. The number of aromatic nitrogens is 2. The van der Waals surface area contributed by atoms with E-state index in [0.29, 0.717) is 34.0 Å². The van der Waals surface area contributed by atoms with Crippen molar-refractivity contribution in [1.29, 1.82) is 0 Å². The lowest BCUT2D eigenvalue weighted by Crippen LogP contribution is -1.95. The van der Waals surface area contributed by atoms with Crippen LogP contribution in [0.3, 0.4) is 0 Å². The summed E-state index contributed by atoms with van der Waals surface area (Å²) in [5.74, 6) is 1.23. The summed E-state index contributed by atoms with van der Waals surface area (Å²) in [6, 6.07) is 4.89. The summed E-state index contributed by atoms with van der Waals surface area (Å²) in [6.07, 6.45) is 0.329. The van der Waals surface area contributed by atoms with Crippen molar-refractivity contribution in [3.63, 3.8) is 0 Å². The van der Waals surface area contributed by atoms with Crippen molar-refractivity contribution in [2.75, 3.05) is 6.61 Å². The first-order chi connectivity index (χ1) is 8.67. The molecule has 1 aromatic heterocycles. The molecule has 0 aliphatic rings. The molecule has 2 aromatic rings. The Hall–Kier alpha value is -1.30. The van der Waals surface area contributed by atoms with E-state index in [-0.39, 0.29) is 13.2 Å². The molecule has 1 aromatic carbocycles. The Bertz CT molecular complexity index is 511. The van der Waals surface area contributed by atoms with Crippen molar-refractivity contribution in [3.05, 3.63) is 40.0 Å². The number of nitrogens with zero attached hydrogens (tertiary/aromatic N) is 2. The molecule has 0 atom stereocenters. The first-order valence-corrected chi connectivity index (χ1v) is 5.94. The third-order valence-electron chi connectivity index (χ3n) is 2.03. The van der Waals surface area contributed by atoms with Gasteiger partial charge in [-0.25, -0.2) is 0 Å². The van der Waals surface area contributed by atoms with Gasteiger partial charge in [-0.2, -0.15) is 0 Å². The molecule has 5 nitrogen and oxygen atoms in total. The number of hydrogen-bond donors (Lipinski definition) is 1. The highest BCUT2D eigenvalue weighted by molar-refractivity contribution is 6.34. The third kappa shape index (κ3) is 3.60. The van der Waals surface area contributed by atoms with Crippen molar-refractivity contribution in [2.24, 2.45) is 0 Å². The molecule has 0 fully saturated rings. The lowest BCUT2D eigenvalue weighted by Gasteiger charge is -2.04. The Labute approximate surface area is 113 Å². The van der Waals surface area contributed by atoms with Crippen LogP contribution in [0.1, 0.15) is 11.8 Å². The SMILES string of the molecule is OCCc1nnc(COc2cc(Cl)cc(Cl)c2)o1. The van der Waals surface area contributed by atoms with Crippen LogP contribution in [0.2, 0.25) is 10.0 Å².